The van der Waals surface area contributed by atoms with E-state index in [1.54, 1.807) is 0 Å². The van der Waals surface area contributed by atoms with Gasteiger partial charge in [-0.1, -0.05) is 20.3 Å². The van der Waals surface area contributed by atoms with E-state index in [9.17, 15) is 0 Å². The Bertz CT molecular complexity index is 497. The predicted octanol–water partition coefficient (Wildman–Crippen LogP) is 3.30. The molecule has 4 nitrogen and oxygen atoms in total. The summed E-state index contributed by atoms with van der Waals surface area (Å²) in [4.78, 5) is 10.4. The van der Waals surface area contributed by atoms with Gasteiger partial charge >= 0.3 is 0 Å². The second-order valence-corrected chi connectivity index (χ2v) is 7.56. The van der Waals surface area contributed by atoms with Crippen molar-refractivity contribution in [1.29, 1.82) is 0 Å². The monoisotopic (exact) mass is 322 g/mol. The predicted molar refractivity (Wildman–Crippen MR) is 95.9 cm³/mol. The number of guanidine groups is 1. The lowest BCUT2D eigenvalue weighted by Crippen LogP contribution is -2.46. The van der Waals surface area contributed by atoms with Crippen LogP contribution in [0.4, 0.5) is 0 Å². The van der Waals surface area contributed by atoms with Gasteiger partial charge in [-0.15, -0.1) is 11.3 Å². The molecular weight excluding hydrogens is 292 g/mol. The van der Waals surface area contributed by atoms with E-state index in [1.807, 2.05) is 18.4 Å². The average molecular weight is 323 g/mol. The molecule has 1 aliphatic rings. The van der Waals surface area contributed by atoms with E-state index < -0.39 is 0 Å². The second kappa shape index (κ2) is 7.95. The molecule has 0 saturated heterocycles. The van der Waals surface area contributed by atoms with Crippen molar-refractivity contribution in [3.05, 3.63) is 15.6 Å². The molecule has 0 spiro atoms. The van der Waals surface area contributed by atoms with Gasteiger partial charge in [0, 0.05) is 31.4 Å². The molecule has 0 aliphatic heterocycles. The van der Waals surface area contributed by atoms with Gasteiger partial charge in [-0.3, -0.25) is 4.99 Å². The minimum absolute atomic E-state index is 0.514. The quantitative estimate of drug-likeness (QED) is 0.598. The Labute approximate surface area is 138 Å². The largest absolute Gasteiger partial charge is 0.356 e. The molecule has 0 aromatic carbocycles. The molecule has 1 aromatic rings. The molecule has 0 bridgehead atoms. The zero-order chi connectivity index (χ0) is 16.0. The van der Waals surface area contributed by atoms with Crippen LogP contribution in [0.15, 0.2) is 4.99 Å². The fourth-order valence-electron chi connectivity index (χ4n) is 3.03. The first-order chi connectivity index (χ1) is 10.6. The number of hydrogen-bond acceptors (Lipinski definition) is 3. The van der Waals surface area contributed by atoms with Crippen LogP contribution < -0.4 is 10.6 Å². The van der Waals surface area contributed by atoms with Crippen molar-refractivity contribution in [1.82, 2.24) is 15.6 Å². The van der Waals surface area contributed by atoms with E-state index >= 15 is 0 Å². The van der Waals surface area contributed by atoms with E-state index in [1.165, 1.54) is 41.3 Å². The van der Waals surface area contributed by atoms with Crippen LogP contribution in [0.3, 0.4) is 0 Å². The molecular formula is C17H30N4S. The van der Waals surface area contributed by atoms with Crippen LogP contribution in [-0.4, -0.2) is 31.1 Å². The topological polar surface area (TPSA) is 49.3 Å². The number of nitrogens with one attached hydrogen (secondary N) is 2. The number of nitrogens with zero attached hydrogens (tertiary/aromatic N) is 2. The summed E-state index contributed by atoms with van der Waals surface area (Å²) in [7, 11) is 1.84. The van der Waals surface area contributed by atoms with E-state index in [-0.39, 0.29) is 0 Å². The first-order valence-corrected chi connectivity index (χ1v) is 9.34. The van der Waals surface area contributed by atoms with Crippen LogP contribution in [0, 0.1) is 12.3 Å². The third-order valence-corrected chi connectivity index (χ3v) is 5.99. The maximum atomic E-state index is 4.69. The van der Waals surface area contributed by atoms with Crippen LogP contribution in [0.25, 0.3) is 0 Å². The third kappa shape index (κ3) is 4.22. The highest BCUT2D eigenvalue weighted by Gasteiger charge is 2.34. The fraction of sp³-hybridized carbons (Fsp3) is 0.765. The number of aromatic nitrogens is 1. The second-order valence-electron chi connectivity index (χ2n) is 6.27. The molecule has 5 heteroatoms. The van der Waals surface area contributed by atoms with Gasteiger partial charge in [-0.05, 0) is 38.0 Å². The van der Waals surface area contributed by atoms with E-state index in [2.05, 4.69) is 36.4 Å². The SMILES string of the molecule is CCc1nc(CCNC(=NC)NCC2(CC)CCC2)sc1C. The molecule has 2 rings (SSSR count). The summed E-state index contributed by atoms with van der Waals surface area (Å²) in [6.45, 7) is 8.55. The van der Waals surface area contributed by atoms with Gasteiger partial charge < -0.3 is 10.6 Å². The van der Waals surface area contributed by atoms with Crippen LogP contribution in [0.5, 0.6) is 0 Å². The molecule has 0 radical (unpaired) electrons. The van der Waals surface area contributed by atoms with E-state index in [0.717, 1.165) is 31.9 Å². The number of thiazole rings is 1. The van der Waals surface area contributed by atoms with Gasteiger partial charge in [0.2, 0.25) is 0 Å². The van der Waals surface area contributed by atoms with Crippen molar-refractivity contribution in [2.24, 2.45) is 10.4 Å². The summed E-state index contributed by atoms with van der Waals surface area (Å²) >= 11 is 1.82. The van der Waals surface area contributed by atoms with Crippen LogP contribution >= 0.6 is 11.3 Å². The maximum Gasteiger partial charge on any atom is 0.191 e. The Morgan fingerprint density at radius 3 is 2.59 bits per heavy atom. The summed E-state index contributed by atoms with van der Waals surface area (Å²) < 4.78 is 0. The Morgan fingerprint density at radius 2 is 2.09 bits per heavy atom. The zero-order valence-electron chi connectivity index (χ0n) is 14.5. The van der Waals surface area contributed by atoms with Crippen molar-refractivity contribution in [2.45, 2.75) is 59.3 Å². The summed E-state index contributed by atoms with van der Waals surface area (Å²) in [5, 5.41) is 8.14. The molecule has 22 heavy (non-hydrogen) atoms. The average Bonchev–Trinajstić information content (AvgIpc) is 2.84. The lowest BCUT2D eigenvalue weighted by molar-refractivity contribution is 0.131. The van der Waals surface area contributed by atoms with Crippen molar-refractivity contribution in [3.8, 4) is 0 Å². The Kier molecular flexibility index (Phi) is 6.24. The molecule has 0 unspecified atom stereocenters. The smallest absolute Gasteiger partial charge is 0.191 e. The summed E-state index contributed by atoms with van der Waals surface area (Å²) in [5.41, 5.74) is 1.76. The van der Waals surface area contributed by atoms with Crippen molar-refractivity contribution < 1.29 is 0 Å². The van der Waals surface area contributed by atoms with E-state index in [4.69, 9.17) is 4.98 Å². The Balaban J connectivity index is 1.74. The number of aryl methyl sites for hydroxylation is 2. The highest BCUT2D eigenvalue weighted by Crippen LogP contribution is 2.42. The standard InChI is InChI=1S/C17H30N4S/c1-5-14-13(3)22-15(21-14)8-11-19-16(18-4)20-12-17(6-2)9-7-10-17/h5-12H2,1-4H3,(H2,18,19,20). The van der Waals surface area contributed by atoms with Gasteiger partial charge in [0.15, 0.2) is 5.96 Å². The lowest BCUT2D eigenvalue weighted by Gasteiger charge is -2.41. The summed E-state index contributed by atoms with van der Waals surface area (Å²) in [6.07, 6.45) is 7.33. The minimum atomic E-state index is 0.514. The van der Waals surface area contributed by atoms with Gasteiger partial charge in [0.05, 0.1) is 10.7 Å². The number of hydrogen-bond donors (Lipinski definition) is 2. The van der Waals surface area contributed by atoms with Crippen LogP contribution in [0.1, 0.15) is 55.1 Å². The van der Waals surface area contributed by atoms with Gasteiger partial charge in [-0.25, -0.2) is 4.98 Å². The molecule has 1 saturated carbocycles. The van der Waals surface area contributed by atoms with Gasteiger partial charge in [0.1, 0.15) is 0 Å². The normalized spacial score (nSPS) is 17.2. The summed E-state index contributed by atoms with van der Waals surface area (Å²) in [5.74, 6) is 0.920. The maximum absolute atomic E-state index is 4.69. The third-order valence-electron chi connectivity index (χ3n) is 4.92. The molecule has 2 N–H and O–H groups in total. The molecule has 124 valence electrons. The van der Waals surface area contributed by atoms with E-state index in [0.29, 0.717) is 5.41 Å². The van der Waals surface area contributed by atoms with Gasteiger partial charge in [-0.2, -0.15) is 0 Å². The Morgan fingerprint density at radius 1 is 1.32 bits per heavy atom. The van der Waals surface area contributed by atoms with Crippen LogP contribution in [-0.2, 0) is 12.8 Å². The molecule has 0 amide bonds. The highest BCUT2D eigenvalue weighted by atomic mass is 32.1. The molecule has 1 aromatic heterocycles. The summed E-state index contributed by atoms with van der Waals surface area (Å²) in [6, 6.07) is 0. The molecule has 1 aliphatic carbocycles. The number of aliphatic imine (C=N–C) groups is 1. The van der Waals surface area contributed by atoms with Crippen molar-refractivity contribution in [2.75, 3.05) is 20.1 Å². The van der Waals surface area contributed by atoms with Crippen molar-refractivity contribution in [3.63, 3.8) is 0 Å². The molecule has 1 fully saturated rings. The zero-order valence-corrected chi connectivity index (χ0v) is 15.3. The van der Waals surface area contributed by atoms with Crippen molar-refractivity contribution >= 4 is 17.3 Å². The fourth-order valence-corrected chi connectivity index (χ4v) is 4.06. The van der Waals surface area contributed by atoms with Gasteiger partial charge in [0.25, 0.3) is 0 Å². The first kappa shape index (κ1) is 17.3. The Hall–Kier alpha value is -1.10. The molecule has 1 heterocycles. The van der Waals surface area contributed by atoms with Crippen LogP contribution in [0.2, 0.25) is 0 Å². The lowest BCUT2D eigenvalue weighted by atomic mass is 9.67. The molecule has 0 atom stereocenters. The number of rotatable bonds is 7. The minimum Gasteiger partial charge on any atom is -0.356 e. The first-order valence-electron chi connectivity index (χ1n) is 8.52. The highest BCUT2D eigenvalue weighted by molar-refractivity contribution is 7.11.